The van der Waals surface area contributed by atoms with E-state index in [9.17, 15) is 14.9 Å². The van der Waals surface area contributed by atoms with Gasteiger partial charge in [0.15, 0.2) is 0 Å². The Hall–Kier alpha value is -2.61. The summed E-state index contributed by atoms with van der Waals surface area (Å²) in [6.07, 6.45) is 2.20. The minimum atomic E-state index is -0.783. The number of carbonyl (C=O) groups is 1. The van der Waals surface area contributed by atoms with Crippen LogP contribution in [-0.2, 0) is 0 Å². The van der Waals surface area contributed by atoms with Crippen LogP contribution in [0, 0.1) is 11.3 Å². The first-order chi connectivity index (χ1) is 10.1. The van der Waals surface area contributed by atoms with Gasteiger partial charge in [0.25, 0.3) is 5.91 Å². The number of fused-ring (bicyclic) bond motifs is 1. The molecule has 0 bridgehead atoms. The number of carbonyl (C=O) groups excluding carboxylic acids is 1. The highest BCUT2D eigenvalue weighted by molar-refractivity contribution is 5.97. The Morgan fingerprint density at radius 1 is 1.38 bits per heavy atom. The fraction of sp³-hybridized carbons (Fsp3) is 0.312. The number of rotatable bonds is 2. The SMILES string of the molecule is CN(C(=O)c1cc2ccccc2oc1=O)C1(C#N)CCC1. The third-order valence-electron chi connectivity index (χ3n) is 4.21. The van der Waals surface area contributed by atoms with Crippen LogP contribution < -0.4 is 5.63 Å². The summed E-state index contributed by atoms with van der Waals surface area (Å²) in [5, 5.41) is 9.99. The largest absolute Gasteiger partial charge is 0.422 e. The van der Waals surface area contributed by atoms with Crippen LogP contribution in [0.2, 0.25) is 0 Å². The molecule has 0 spiro atoms. The highest BCUT2D eigenvalue weighted by atomic mass is 16.4. The first-order valence-electron chi connectivity index (χ1n) is 6.80. The van der Waals surface area contributed by atoms with Gasteiger partial charge in [-0.1, -0.05) is 18.2 Å². The Balaban J connectivity index is 2.04. The van der Waals surface area contributed by atoms with Crippen molar-refractivity contribution in [2.24, 2.45) is 0 Å². The first-order valence-corrected chi connectivity index (χ1v) is 6.80. The van der Waals surface area contributed by atoms with E-state index in [4.69, 9.17) is 4.42 Å². The first kappa shape index (κ1) is 13.4. The lowest BCUT2D eigenvalue weighted by molar-refractivity contribution is 0.0493. The summed E-state index contributed by atoms with van der Waals surface area (Å²) >= 11 is 0. The van der Waals surface area contributed by atoms with Crippen molar-refractivity contribution in [1.82, 2.24) is 4.90 Å². The summed E-state index contributed by atoms with van der Waals surface area (Å²) in [6.45, 7) is 0. The molecule has 0 radical (unpaired) electrons. The molecule has 3 rings (SSSR count). The lowest BCUT2D eigenvalue weighted by atomic mass is 9.76. The van der Waals surface area contributed by atoms with Crippen molar-refractivity contribution < 1.29 is 9.21 Å². The van der Waals surface area contributed by atoms with E-state index in [1.54, 1.807) is 25.2 Å². The van der Waals surface area contributed by atoms with Crippen LogP contribution in [0.3, 0.4) is 0 Å². The van der Waals surface area contributed by atoms with Crippen molar-refractivity contribution in [3.63, 3.8) is 0 Å². The van der Waals surface area contributed by atoms with Gasteiger partial charge in [-0.15, -0.1) is 0 Å². The number of nitrogens with zero attached hydrogens (tertiary/aromatic N) is 2. The summed E-state index contributed by atoms with van der Waals surface area (Å²) < 4.78 is 5.18. The second-order valence-electron chi connectivity index (χ2n) is 5.35. The van der Waals surface area contributed by atoms with E-state index in [1.165, 1.54) is 11.0 Å². The van der Waals surface area contributed by atoms with Gasteiger partial charge in [-0.2, -0.15) is 5.26 Å². The standard InChI is InChI=1S/C16H14N2O3/c1-18(16(10-17)7-4-8-16)14(19)12-9-11-5-2-3-6-13(11)21-15(12)20/h2-3,5-6,9H,4,7-8H2,1H3. The summed E-state index contributed by atoms with van der Waals surface area (Å²) in [7, 11) is 1.57. The average Bonchev–Trinajstić information content (AvgIpc) is 2.45. The smallest absolute Gasteiger partial charge is 0.349 e. The molecule has 1 saturated carbocycles. The monoisotopic (exact) mass is 282 g/mol. The van der Waals surface area contributed by atoms with Gasteiger partial charge in [0, 0.05) is 12.4 Å². The predicted octanol–water partition coefficient (Wildman–Crippen LogP) is 2.31. The van der Waals surface area contributed by atoms with Crippen molar-refractivity contribution in [1.29, 1.82) is 5.26 Å². The molecule has 0 saturated heterocycles. The Bertz CT molecular complexity index is 812. The quantitative estimate of drug-likeness (QED) is 0.792. The minimum absolute atomic E-state index is 0.0299. The zero-order chi connectivity index (χ0) is 15.0. The van der Waals surface area contributed by atoms with E-state index in [-0.39, 0.29) is 5.56 Å². The summed E-state index contributed by atoms with van der Waals surface area (Å²) in [4.78, 5) is 25.9. The Morgan fingerprint density at radius 3 is 2.71 bits per heavy atom. The van der Waals surface area contributed by atoms with Crippen LogP contribution in [0.1, 0.15) is 29.6 Å². The van der Waals surface area contributed by atoms with Gasteiger partial charge in [-0.3, -0.25) is 4.79 Å². The van der Waals surface area contributed by atoms with E-state index >= 15 is 0 Å². The Kier molecular flexibility index (Phi) is 3.02. The molecule has 1 aliphatic carbocycles. The van der Waals surface area contributed by atoms with Crippen molar-refractivity contribution >= 4 is 16.9 Å². The van der Waals surface area contributed by atoms with Gasteiger partial charge >= 0.3 is 5.63 Å². The van der Waals surface area contributed by atoms with Gasteiger partial charge in [0.05, 0.1) is 6.07 Å². The molecular weight excluding hydrogens is 268 g/mol. The molecule has 106 valence electrons. The van der Waals surface area contributed by atoms with Gasteiger partial charge in [-0.05, 0) is 31.4 Å². The normalized spacial score (nSPS) is 16.0. The molecule has 0 N–H and O–H groups in total. The van der Waals surface area contributed by atoms with Crippen molar-refractivity contribution in [3.05, 3.63) is 46.3 Å². The molecular formula is C16H14N2O3. The number of benzene rings is 1. The molecule has 0 aliphatic heterocycles. The number of para-hydroxylation sites is 1. The molecule has 0 unspecified atom stereocenters. The third-order valence-corrected chi connectivity index (χ3v) is 4.21. The van der Waals surface area contributed by atoms with Crippen LogP contribution in [0.4, 0.5) is 0 Å². The Labute approximate surface area is 121 Å². The van der Waals surface area contributed by atoms with Crippen molar-refractivity contribution in [2.75, 3.05) is 7.05 Å². The maximum atomic E-state index is 12.5. The Morgan fingerprint density at radius 2 is 2.10 bits per heavy atom. The van der Waals surface area contributed by atoms with Crippen LogP contribution >= 0.6 is 0 Å². The number of hydrogen-bond acceptors (Lipinski definition) is 4. The molecule has 1 aromatic carbocycles. The fourth-order valence-electron chi connectivity index (χ4n) is 2.62. The molecule has 2 aromatic rings. The number of hydrogen-bond donors (Lipinski definition) is 0. The predicted molar refractivity (Wildman–Crippen MR) is 76.8 cm³/mol. The highest BCUT2D eigenvalue weighted by Gasteiger charge is 2.44. The lowest BCUT2D eigenvalue weighted by Crippen LogP contribution is -2.53. The third kappa shape index (κ3) is 2.00. The van der Waals surface area contributed by atoms with Crippen LogP contribution in [0.15, 0.2) is 39.5 Å². The van der Waals surface area contributed by atoms with E-state index < -0.39 is 17.1 Å². The number of amides is 1. The second-order valence-corrected chi connectivity index (χ2v) is 5.35. The van der Waals surface area contributed by atoms with Gasteiger partial charge < -0.3 is 9.32 Å². The zero-order valence-corrected chi connectivity index (χ0v) is 11.6. The van der Waals surface area contributed by atoms with Crippen molar-refractivity contribution in [3.8, 4) is 6.07 Å². The average molecular weight is 282 g/mol. The summed E-state index contributed by atoms with van der Waals surface area (Å²) in [5.41, 5.74) is -1.04. The van der Waals surface area contributed by atoms with E-state index in [1.807, 2.05) is 6.07 Å². The number of nitriles is 1. The van der Waals surface area contributed by atoms with E-state index in [0.717, 1.165) is 6.42 Å². The van der Waals surface area contributed by atoms with Crippen LogP contribution in [0.5, 0.6) is 0 Å². The topological polar surface area (TPSA) is 74.3 Å². The molecule has 5 heteroatoms. The van der Waals surface area contributed by atoms with Gasteiger partial charge in [0.1, 0.15) is 16.7 Å². The van der Waals surface area contributed by atoms with E-state index in [2.05, 4.69) is 6.07 Å². The molecule has 1 aromatic heterocycles. The zero-order valence-electron chi connectivity index (χ0n) is 11.6. The van der Waals surface area contributed by atoms with Crippen LogP contribution in [0.25, 0.3) is 11.0 Å². The maximum absolute atomic E-state index is 12.5. The van der Waals surface area contributed by atoms with Gasteiger partial charge in [-0.25, -0.2) is 4.79 Å². The van der Waals surface area contributed by atoms with Crippen molar-refractivity contribution in [2.45, 2.75) is 24.8 Å². The molecule has 1 heterocycles. The molecule has 5 nitrogen and oxygen atoms in total. The molecule has 1 aliphatic rings. The summed E-state index contributed by atoms with van der Waals surface area (Å²) in [5.74, 6) is -0.462. The van der Waals surface area contributed by atoms with Crippen LogP contribution in [-0.4, -0.2) is 23.4 Å². The highest BCUT2D eigenvalue weighted by Crippen LogP contribution is 2.36. The fourth-order valence-corrected chi connectivity index (χ4v) is 2.62. The molecule has 21 heavy (non-hydrogen) atoms. The minimum Gasteiger partial charge on any atom is -0.422 e. The second kappa shape index (κ2) is 4.74. The summed E-state index contributed by atoms with van der Waals surface area (Å²) in [6, 6.07) is 10.8. The van der Waals surface area contributed by atoms with Gasteiger partial charge in [0.2, 0.25) is 0 Å². The lowest BCUT2D eigenvalue weighted by Gasteiger charge is -2.42. The molecule has 0 atom stereocenters. The maximum Gasteiger partial charge on any atom is 0.349 e. The van der Waals surface area contributed by atoms with E-state index in [0.29, 0.717) is 23.8 Å². The molecule has 1 fully saturated rings. The molecule has 1 amide bonds.